The number of rotatable bonds is 7. The van der Waals surface area contributed by atoms with E-state index in [4.69, 9.17) is 4.18 Å². The smallest absolute Gasteiger partial charge is 0.306 e. The molecule has 0 unspecified atom stereocenters. The Hall–Kier alpha value is -1.22. The Bertz CT molecular complexity index is 632. The number of carbonyl (C=O) groups excluding carboxylic acids is 1. The third kappa shape index (κ3) is 4.14. The van der Waals surface area contributed by atoms with Crippen LogP contribution in [0.4, 0.5) is 0 Å². The zero-order chi connectivity index (χ0) is 14.4. The topological polar surface area (TPSA) is 72.5 Å². The van der Waals surface area contributed by atoms with Crippen molar-refractivity contribution in [2.24, 2.45) is 0 Å². The Morgan fingerprint density at radius 3 is 2.60 bits per heavy atom. The van der Waals surface area contributed by atoms with Gasteiger partial charge in [0.15, 0.2) is 0 Å². The Morgan fingerprint density at radius 2 is 1.95 bits per heavy atom. The summed E-state index contributed by atoms with van der Waals surface area (Å²) in [6, 6.07) is 6.69. The second-order valence-electron chi connectivity index (χ2n) is 3.79. The maximum absolute atomic E-state index is 11.7. The molecule has 1 amide bonds. The second-order valence-corrected chi connectivity index (χ2v) is 7.53. The van der Waals surface area contributed by atoms with Crippen LogP contribution in [-0.4, -0.2) is 27.5 Å². The minimum Gasteiger partial charge on any atom is -0.351 e. The summed E-state index contributed by atoms with van der Waals surface area (Å²) in [7, 11) is -3.65. The number of nitrogens with one attached hydrogen (secondary N) is 1. The molecule has 0 aromatic carbocycles. The summed E-state index contributed by atoms with van der Waals surface area (Å²) < 4.78 is 28.4. The van der Waals surface area contributed by atoms with E-state index in [1.807, 2.05) is 5.38 Å². The van der Waals surface area contributed by atoms with Gasteiger partial charge in [-0.25, -0.2) is 0 Å². The van der Waals surface area contributed by atoms with Crippen LogP contribution < -0.4 is 5.32 Å². The van der Waals surface area contributed by atoms with E-state index in [1.54, 1.807) is 23.6 Å². The largest absolute Gasteiger partial charge is 0.351 e. The number of hydrogen-bond donors (Lipinski definition) is 1. The van der Waals surface area contributed by atoms with Crippen LogP contribution in [0.2, 0.25) is 0 Å². The van der Waals surface area contributed by atoms with E-state index in [9.17, 15) is 13.2 Å². The Morgan fingerprint density at radius 1 is 1.20 bits per heavy atom. The van der Waals surface area contributed by atoms with E-state index >= 15 is 0 Å². The summed E-state index contributed by atoms with van der Waals surface area (Å²) in [4.78, 5) is 12.2. The molecule has 0 saturated heterocycles. The van der Waals surface area contributed by atoms with Gasteiger partial charge in [0, 0.05) is 6.54 Å². The lowest BCUT2D eigenvalue weighted by atomic mass is 10.4. The van der Waals surface area contributed by atoms with Crippen LogP contribution in [0.3, 0.4) is 0 Å². The fourth-order valence-corrected chi connectivity index (χ4v) is 3.97. The monoisotopic (exact) mass is 331 g/mol. The van der Waals surface area contributed by atoms with Crippen molar-refractivity contribution >= 4 is 38.7 Å². The van der Waals surface area contributed by atoms with Crippen molar-refractivity contribution in [3.8, 4) is 0 Å². The molecule has 0 radical (unpaired) electrons. The van der Waals surface area contributed by atoms with E-state index in [0.29, 0.717) is 17.8 Å². The van der Waals surface area contributed by atoms with Gasteiger partial charge in [-0.3, -0.25) is 8.98 Å². The van der Waals surface area contributed by atoms with Crippen molar-refractivity contribution in [3.63, 3.8) is 0 Å². The van der Waals surface area contributed by atoms with Crippen molar-refractivity contribution in [2.75, 3.05) is 13.2 Å². The molecule has 0 aliphatic rings. The molecule has 8 heteroatoms. The van der Waals surface area contributed by atoms with Gasteiger partial charge in [0.1, 0.15) is 4.21 Å². The average Bonchev–Trinajstić information content (AvgIpc) is 3.11. The standard InChI is InChI=1S/C12H13NO4S3/c14-12(10-4-1-8-18-10)13-6-3-7-17-20(15,16)11-5-2-9-19-11/h1-2,4-5,8-9H,3,6-7H2,(H,13,14). The van der Waals surface area contributed by atoms with Gasteiger partial charge >= 0.3 is 10.1 Å². The van der Waals surface area contributed by atoms with Crippen LogP contribution in [0.15, 0.2) is 39.2 Å². The molecule has 0 aliphatic carbocycles. The number of carbonyl (C=O) groups is 1. The van der Waals surface area contributed by atoms with Crippen LogP contribution in [-0.2, 0) is 14.3 Å². The van der Waals surface area contributed by atoms with Gasteiger partial charge in [0.05, 0.1) is 11.5 Å². The summed E-state index contributed by atoms with van der Waals surface area (Å²) in [5.41, 5.74) is 0. The molecule has 2 heterocycles. The first-order valence-corrected chi connectivity index (χ1v) is 9.01. The minimum absolute atomic E-state index is 0.0466. The van der Waals surface area contributed by atoms with Crippen LogP contribution in [0, 0.1) is 0 Å². The molecule has 0 aliphatic heterocycles. The molecule has 2 aromatic rings. The van der Waals surface area contributed by atoms with Crippen molar-refractivity contribution in [1.29, 1.82) is 0 Å². The van der Waals surface area contributed by atoms with E-state index in [1.165, 1.54) is 17.4 Å². The second kappa shape index (κ2) is 6.98. The molecule has 20 heavy (non-hydrogen) atoms. The highest BCUT2D eigenvalue weighted by atomic mass is 32.3. The normalized spacial score (nSPS) is 11.4. The highest BCUT2D eigenvalue weighted by Crippen LogP contribution is 2.18. The molecule has 1 N–H and O–H groups in total. The van der Waals surface area contributed by atoms with E-state index in [2.05, 4.69) is 5.32 Å². The van der Waals surface area contributed by atoms with Crippen molar-refractivity contribution in [3.05, 3.63) is 39.9 Å². The maximum Gasteiger partial charge on any atom is 0.306 e. The lowest BCUT2D eigenvalue weighted by Gasteiger charge is -2.05. The molecule has 2 aromatic heterocycles. The first kappa shape index (κ1) is 15.2. The summed E-state index contributed by atoms with van der Waals surface area (Å²) in [6.07, 6.45) is 0.432. The Balaban J connectivity index is 1.68. The number of amides is 1. The zero-order valence-electron chi connectivity index (χ0n) is 10.4. The Labute approximate surface area is 125 Å². The predicted molar refractivity (Wildman–Crippen MR) is 78.7 cm³/mol. The summed E-state index contributed by atoms with van der Waals surface area (Å²) >= 11 is 2.48. The van der Waals surface area contributed by atoms with Gasteiger partial charge in [-0.1, -0.05) is 12.1 Å². The summed E-state index contributed by atoms with van der Waals surface area (Å²) in [5.74, 6) is -0.152. The van der Waals surface area contributed by atoms with Gasteiger partial charge < -0.3 is 5.32 Å². The van der Waals surface area contributed by atoms with Crippen molar-refractivity contribution < 1.29 is 17.4 Å². The van der Waals surface area contributed by atoms with Gasteiger partial charge in [0.2, 0.25) is 0 Å². The predicted octanol–water partition coefficient (Wildman–Crippen LogP) is 2.34. The summed E-state index contributed by atoms with van der Waals surface area (Å²) in [5, 5.41) is 6.21. The zero-order valence-corrected chi connectivity index (χ0v) is 12.9. The maximum atomic E-state index is 11.7. The fraction of sp³-hybridized carbons (Fsp3) is 0.250. The van der Waals surface area contributed by atoms with Crippen LogP contribution in [0.5, 0.6) is 0 Å². The third-order valence-corrected chi connectivity index (χ3v) is 5.87. The molecule has 0 fully saturated rings. The third-order valence-electron chi connectivity index (χ3n) is 2.33. The lowest BCUT2D eigenvalue weighted by Crippen LogP contribution is -2.24. The SMILES string of the molecule is O=C(NCCCOS(=O)(=O)c1cccs1)c1cccs1. The van der Waals surface area contributed by atoms with E-state index < -0.39 is 10.1 Å². The number of thiophene rings is 2. The molecule has 0 spiro atoms. The van der Waals surface area contributed by atoms with Crippen LogP contribution in [0.25, 0.3) is 0 Å². The minimum atomic E-state index is -3.65. The quantitative estimate of drug-likeness (QED) is 0.624. The molecule has 0 bridgehead atoms. The van der Waals surface area contributed by atoms with Crippen LogP contribution in [0.1, 0.15) is 16.1 Å². The fourth-order valence-electron chi connectivity index (χ4n) is 1.40. The first-order chi connectivity index (χ1) is 9.59. The van der Waals surface area contributed by atoms with Crippen molar-refractivity contribution in [1.82, 2.24) is 5.32 Å². The molecule has 0 saturated carbocycles. The Kier molecular flexibility index (Phi) is 5.30. The van der Waals surface area contributed by atoms with E-state index in [-0.39, 0.29) is 16.7 Å². The molecular weight excluding hydrogens is 318 g/mol. The molecule has 2 rings (SSSR count). The molecule has 0 atom stereocenters. The highest BCUT2D eigenvalue weighted by Gasteiger charge is 2.15. The summed E-state index contributed by atoms with van der Waals surface area (Å²) in [6.45, 7) is 0.418. The van der Waals surface area contributed by atoms with Gasteiger partial charge in [-0.15, -0.1) is 22.7 Å². The number of hydrogen-bond acceptors (Lipinski definition) is 6. The van der Waals surface area contributed by atoms with Crippen molar-refractivity contribution in [2.45, 2.75) is 10.6 Å². The average molecular weight is 331 g/mol. The van der Waals surface area contributed by atoms with Gasteiger partial charge in [-0.05, 0) is 29.3 Å². The first-order valence-electron chi connectivity index (χ1n) is 5.84. The molecular formula is C12H13NO4S3. The molecule has 108 valence electrons. The van der Waals surface area contributed by atoms with E-state index in [0.717, 1.165) is 11.3 Å². The highest BCUT2D eigenvalue weighted by molar-refractivity contribution is 7.89. The van der Waals surface area contributed by atoms with Gasteiger partial charge in [-0.2, -0.15) is 8.42 Å². The van der Waals surface area contributed by atoms with Gasteiger partial charge in [0.25, 0.3) is 5.91 Å². The molecule has 5 nitrogen and oxygen atoms in total. The lowest BCUT2D eigenvalue weighted by molar-refractivity contribution is 0.0956. The van der Waals surface area contributed by atoms with Crippen LogP contribution >= 0.6 is 22.7 Å².